The topological polar surface area (TPSA) is 48.0 Å². The number of para-hydroxylation sites is 2. The van der Waals surface area contributed by atoms with Crippen molar-refractivity contribution in [1.82, 2.24) is 4.90 Å². The molecule has 2 aromatic rings. The van der Waals surface area contributed by atoms with E-state index in [2.05, 4.69) is 0 Å². The largest absolute Gasteiger partial charge is 0.493 e. The molecule has 1 unspecified atom stereocenters. The zero-order chi connectivity index (χ0) is 17.6. The minimum atomic E-state index is -0.224. The van der Waals surface area contributed by atoms with Gasteiger partial charge < -0.3 is 19.1 Å². The lowest BCUT2D eigenvalue weighted by atomic mass is 10.1. The summed E-state index contributed by atoms with van der Waals surface area (Å²) in [5.74, 6) is 1.06. The molecule has 0 saturated carbocycles. The fraction of sp³-hybridized carbons (Fsp3) is 0.316. The minimum Gasteiger partial charge on any atom is -0.493 e. The number of carbonyl (C=O) groups excluding carboxylic acids is 1. The summed E-state index contributed by atoms with van der Waals surface area (Å²) >= 11 is 6.24. The van der Waals surface area contributed by atoms with Gasteiger partial charge in [-0.25, -0.2) is 0 Å². The van der Waals surface area contributed by atoms with Crippen molar-refractivity contribution in [2.75, 3.05) is 33.4 Å². The molecule has 1 saturated heterocycles. The van der Waals surface area contributed by atoms with Crippen LogP contribution in [0, 0.1) is 0 Å². The first kappa shape index (κ1) is 17.6. The van der Waals surface area contributed by atoms with Crippen LogP contribution in [-0.2, 0) is 9.53 Å². The fourth-order valence-electron chi connectivity index (χ4n) is 2.77. The first-order chi connectivity index (χ1) is 12.2. The molecule has 5 nitrogen and oxygen atoms in total. The minimum absolute atomic E-state index is 0.0460. The summed E-state index contributed by atoms with van der Waals surface area (Å²) in [6, 6.07) is 14.8. The number of carbonyl (C=O) groups is 1. The van der Waals surface area contributed by atoms with Crippen LogP contribution in [0.3, 0.4) is 0 Å². The monoisotopic (exact) mass is 361 g/mol. The van der Waals surface area contributed by atoms with Gasteiger partial charge in [0, 0.05) is 17.1 Å². The molecule has 0 radical (unpaired) electrons. The molecule has 1 fully saturated rings. The Balaban J connectivity index is 1.61. The Morgan fingerprint density at radius 2 is 1.92 bits per heavy atom. The molecular weight excluding hydrogens is 342 g/mol. The van der Waals surface area contributed by atoms with Crippen LogP contribution in [0.25, 0.3) is 0 Å². The first-order valence-corrected chi connectivity index (χ1v) is 8.46. The molecule has 0 aromatic heterocycles. The van der Waals surface area contributed by atoms with Gasteiger partial charge in [0.1, 0.15) is 6.10 Å². The molecule has 3 rings (SSSR count). The van der Waals surface area contributed by atoms with Crippen molar-refractivity contribution in [3.63, 3.8) is 0 Å². The average molecular weight is 362 g/mol. The van der Waals surface area contributed by atoms with Crippen LogP contribution in [0.1, 0.15) is 11.7 Å². The number of morpholine rings is 1. The SMILES string of the molecule is COc1ccccc1OCC(=O)N1CCOC(c2ccccc2Cl)C1. The van der Waals surface area contributed by atoms with Gasteiger partial charge in [-0.1, -0.05) is 41.9 Å². The highest BCUT2D eigenvalue weighted by Gasteiger charge is 2.27. The lowest BCUT2D eigenvalue weighted by Crippen LogP contribution is -2.44. The molecule has 0 spiro atoms. The predicted octanol–water partition coefficient (Wildman–Crippen LogP) is 3.33. The van der Waals surface area contributed by atoms with Crippen molar-refractivity contribution in [3.05, 3.63) is 59.1 Å². The van der Waals surface area contributed by atoms with Crippen LogP contribution in [0.2, 0.25) is 5.02 Å². The van der Waals surface area contributed by atoms with Crippen LogP contribution in [0.5, 0.6) is 11.5 Å². The summed E-state index contributed by atoms with van der Waals surface area (Å²) in [7, 11) is 1.57. The molecule has 1 heterocycles. The van der Waals surface area contributed by atoms with E-state index in [-0.39, 0.29) is 18.6 Å². The van der Waals surface area contributed by atoms with E-state index in [0.29, 0.717) is 36.2 Å². The van der Waals surface area contributed by atoms with Gasteiger partial charge >= 0.3 is 0 Å². The molecule has 25 heavy (non-hydrogen) atoms. The summed E-state index contributed by atoms with van der Waals surface area (Å²) in [4.78, 5) is 14.2. The smallest absolute Gasteiger partial charge is 0.260 e. The van der Waals surface area contributed by atoms with Gasteiger partial charge in [0.2, 0.25) is 0 Å². The van der Waals surface area contributed by atoms with E-state index in [1.165, 1.54) is 0 Å². The van der Waals surface area contributed by atoms with E-state index in [9.17, 15) is 4.79 Å². The Morgan fingerprint density at radius 3 is 2.68 bits per heavy atom. The van der Waals surface area contributed by atoms with E-state index in [0.717, 1.165) is 5.56 Å². The van der Waals surface area contributed by atoms with Crippen molar-refractivity contribution in [1.29, 1.82) is 0 Å². The molecule has 6 heteroatoms. The van der Waals surface area contributed by atoms with Crippen LogP contribution in [-0.4, -0.2) is 44.2 Å². The number of amides is 1. The number of methoxy groups -OCH3 is 1. The molecule has 2 aromatic carbocycles. The van der Waals surface area contributed by atoms with Crippen molar-refractivity contribution < 1.29 is 19.0 Å². The number of benzene rings is 2. The second-order valence-electron chi connectivity index (χ2n) is 5.66. The summed E-state index contributed by atoms with van der Waals surface area (Å²) in [5.41, 5.74) is 0.896. The van der Waals surface area contributed by atoms with E-state index < -0.39 is 0 Å². The number of nitrogens with zero attached hydrogens (tertiary/aromatic N) is 1. The van der Waals surface area contributed by atoms with E-state index in [4.69, 9.17) is 25.8 Å². The van der Waals surface area contributed by atoms with Crippen LogP contribution in [0.4, 0.5) is 0 Å². The summed E-state index contributed by atoms with van der Waals surface area (Å²) < 4.78 is 16.6. The zero-order valence-corrected chi connectivity index (χ0v) is 14.7. The number of hydrogen-bond acceptors (Lipinski definition) is 4. The van der Waals surface area contributed by atoms with E-state index in [1.54, 1.807) is 24.1 Å². The first-order valence-electron chi connectivity index (χ1n) is 8.08. The number of rotatable bonds is 5. The fourth-order valence-corrected chi connectivity index (χ4v) is 3.03. The standard InChI is InChI=1S/C19H20ClNO4/c1-23-16-8-4-5-9-17(16)25-13-19(22)21-10-11-24-18(12-21)14-6-2-3-7-15(14)20/h2-9,18H,10-13H2,1H3. The summed E-state index contributed by atoms with van der Waals surface area (Å²) in [5, 5.41) is 0.645. The number of halogens is 1. The maximum Gasteiger partial charge on any atom is 0.260 e. The predicted molar refractivity (Wildman–Crippen MR) is 95.2 cm³/mol. The van der Waals surface area contributed by atoms with Crippen LogP contribution in [0.15, 0.2) is 48.5 Å². The third kappa shape index (κ3) is 4.24. The van der Waals surface area contributed by atoms with Gasteiger partial charge in [-0.2, -0.15) is 0 Å². The third-order valence-corrected chi connectivity index (χ3v) is 4.44. The second-order valence-corrected chi connectivity index (χ2v) is 6.07. The summed E-state index contributed by atoms with van der Waals surface area (Å²) in [6.07, 6.45) is -0.224. The lowest BCUT2D eigenvalue weighted by Gasteiger charge is -2.33. The Labute approximate surface area is 152 Å². The molecule has 0 N–H and O–H groups in total. The molecule has 1 atom stereocenters. The molecule has 1 amide bonds. The van der Waals surface area contributed by atoms with Gasteiger partial charge in [0.25, 0.3) is 5.91 Å². The summed E-state index contributed by atoms with van der Waals surface area (Å²) in [6.45, 7) is 1.42. The zero-order valence-electron chi connectivity index (χ0n) is 14.0. The normalized spacial score (nSPS) is 17.2. The molecule has 0 aliphatic carbocycles. The Bertz CT molecular complexity index is 737. The van der Waals surface area contributed by atoms with Crippen molar-refractivity contribution in [2.45, 2.75) is 6.10 Å². The van der Waals surface area contributed by atoms with Gasteiger partial charge in [0.05, 0.1) is 20.3 Å². The van der Waals surface area contributed by atoms with Gasteiger partial charge in [-0.3, -0.25) is 4.79 Å². The van der Waals surface area contributed by atoms with E-state index >= 15 is 0 Å². The second kappa shape index (κ2) is 8.23. The molecular formula is C19H20ClNO4. The molecule has 1 aliphatic heterocycles. The van der Waals surface area contributed by atoms with Crippen molar-refractivity contribution in [3.8, 4) is 11.5 Å². The Morgan fingerprint density at radius 1 is 1.20 bits per heavy atom. The highest BCUT2D eigenvalue weighted by atomic mass is 35.5. The Hall–Kier alpha value is -2.24. The van der Waals surface area contributed by atoms with Gasteiger partial charge in [-0.15, -0.1) is 0 Å². The lowest BCUT2D eigenvalue weighted by molar-refractivity contribution is -0.141. The average Bonchev–Trinajstić information content (AvgIpc) is 2.66. The van der Waals surface area contributed by atoms with Gasteiger partial charge in [0.15, 0.2) is 18.1 Å². The Kier molecular flexibility index (Phi) is 5.79. The molecule has 1 aliphatic rings. The highest BCUT2D eigenvalue weighted by molar-refractivity contribution is 6.31. The van der Waals surface area contributed by atoms with Crippen molar-refractivity contribution in [2.24, 2.45) is 0 Å². The molecule has 132 valence electrons. The number of ether oxygens (including phenoxy) is 3. The quantitative estimate of drug-likeness (QED) is 0.819. The third-order valence-electron chi connectivity index (χ3n) is 4.09. The molecule has 0 bridgehead atoms. The van der Waals surface area contributed by atoms with Crippen LogP contribution >= 0.6 is 11.6 Å². The van der Waals surface area contributed by atoms with E-state index in [1.807, 2.05) is 36.4 Å². The maximum absolute atomic E-state index is 12.5. The number of hydrogen-bond donors (Lipinski definition) is 0. The maximum atomic E-state index is 12.5. The van der Waals surface area contributed by atoms with Crippen LogP contribution < -0.4 is 9.47 Å². The van der Waals surface area contributed by atoms with Gasteiger partial charge in [-0.05, 0) is 18.2 Å². The van der Waals surface area contributed by atoms with Crippen molar-refractivity contribution >= 4 is 17.5 Å². The highest BCUT2D eigenvalue weighted by Crippen LogP contribution is 2.29.